The van der Waals surface area contributed by atoms with Crippen LogP contribution in [0.15, 0.2) is 11.6 Å². The summed E-state index contributed by atoms with van der Waals surface area (Å²) in [4.78, 5) is 10.5. The maximum absolute atomic E-state index is 10.5. The summed E-state index contributed by atoms with van der Waals surface area (Å²) >= 11 is 0. The second-order valence-electron chi connectivity index (χ2n) is 4.75. The fraction of sp³-hybridized carbons (Fsp3) is 0.769. The zero-order valence-corrected chi connectivity index (χ0v) is 10.2. The Morgan fingerprint density at radius 3 is 2.38 bits per heavy atom. The second-order valence-corrected chi connectivity index (χ2v) is 4.75. The van der Waals surface area contributed by atoms with Gasteiger partial charge in [-0.2, -0.15) is 0 Å². The van der Waals surface area contributed by atoms with E-state index in [9.17, 15) is 4.79 Å². The number of nitrogens with one attached hydrogen (secondary N) is 1. The number of rotatable bonds is 4. The van der Waals surface area contributed by atoms with Gasteiger partial charge in [-0.3, -0.25) is 0 Å². The molecule has 0 aliphatic heterocycles. The van der Waals surface area contributed by atoms with Crippen LogP contribution in [-0.4, -0.2) is 23.7 Å². The molecule has 0 spiro atoms. The monoisotopic (exact) mass is 225 g/mol. The van der Waals surface area contributed by atoms with Gasteiger partial charge < -0.3 is 10.4 Å². The Balaban J connectivity index is 2.26. The Morgan fingerprint density at radius 2 is 1.81 bits per heavy atom. The van der Waals surface area contributed by atoms with Crippen LogP contribution in [-0.2, 0) is 4.79 Å². The van der Waals surface area contributed by atoms with Gasteiger partial charge in [-0.15, -0.1) is 0 Å². The van der Waals surface area contributed by atoms with E-state index >= 15 is 0 Å². The van der Waals surface area contributed by atoms with Crippen LogP contribution in [0.1, 0.15) is 51.9 Å². The molecule has 1 aliphatic rings. The van der Waals surface area contributed by atoms with E-state index in [1.54, 1.807) is 0 Å². The molecule has 0 unspecified atom stereocenters. The summed E-state index contributed by atoms with van der Waals surface area (Å²) in [5, 5.41) is 12.1. The van der Waals surface area contributed by atoms with Gasteiger partial charge in [0.2, 0.25) is 0 Å². The predicted octanol–water partition coefficient (Wildman–Crippen LogP) is 2.72. The lowest BCUT2D eigenvalue weighted by molar-refractivity contribution is -0.131. The molecular formula is C13H23NO2. The van der Waals surface area contributed by atoms with Crippen LogP contribution in [0, 0.1) is 0 Å². The minimum atomic E-state index is -0.850. The van der Waals surface area contributed by atoms with Crippen molar-refractivity contribution >= 4 is 5.97 Å². The molecule has 3 nitrogen and oxygen atoms in total. The summed E-state index contributed by atoms with van der Waals surface area (Å²) in [7, 11) is 0. The van der Waals surface area contributed by atoms with Gasteiger partial charge in [-0.05, 0) is 19.8 Å². The maximum Gasteiger partial charge on any atom is 0.328 e. The average molecular weight is 225 g/mol. The third kappa shape index (κ3) is 5.91. The summed E-state index contributed by atoms with van der Waals surface area (Å²) in [6.07, 6.45) is 10.4. The Hall–Kier alpha value is -0.830. The SMILES string of the molecule is CC(=CC(=O)O)CNC1CCCCCCC1. The molecule has 0 aromatic rings. The van der Waals surface area contributed by atoms with E-state index in [1.807, 2.05) is 6.92 Å². The summed E-state index contributed by atoms with van der Waals surface area (Å²) < 4.78 is 0. The van der Waals surface area contributed by atoms with E-state index in [-0.39, 0.29) is 0 Å². The molecule has 3 heteroatoms. The lowest BCUT2D eigenvalue weighted by atomic mass is 9.96. The molecule has 1 rings (SSSR count). The smallest absolute Gasteiger partial charge is 0.328 e. The quantitative estimate of drug-likeness (QED) is 0.723. The zero-order chi connectivity index (χ0) is 11.8. The molecule has 16 heavy (non-hydrogen) atoms. The van der Waals surface area contributed by atoms with E-state index in [0.717, 1.165) is 5.57 Å². The summed E-state index contributed by atoms with van der Waals surface area (Å²) in [5.74, 6) is -0.850. The summed E-state index contributed by atoms with van der Waals surface area (Å²) in [6, 6.07) is 0.581. The molecule has 2 N–H and O–H groups in total. The van der Waals surface area contributed by atoms with Gasteiger partial charge in [0, 0.05) is 18.7 Å². The standard InChI is InChI=1S/C13H23NO2/c1-11(9-13(15)16)10-14-12-7-5-3-2-4-6-8-12/h9,12,14H,2-8,10H2,1H3,(H,15,16). The van der Waals surface area contributed by atoms with Gasteiger partial charge in [-0.25, -0.2) is 4.79 Å². The first kappa shape index (κ1) is 13.2. The second kappa shape index (κ2) is 7.44. The molecule has 1 aliphatic carbocycles. The number of hydrogen-bond donors (Lipinski definition) is 2. The minimum absolute atomic E-state index is 0.581. The molecule has 0 heterocycles. The number of aliphatic carboxylic acids is 1. The first-order valence-corrected chi connectivity index (χ1v) is 6.32. The normalized spacial score (nSPS) is 20.2. The Morgan fingerprint density at radius 1 is 1.25 bits per heavy atom. The zero-order valence-electron chi connectivity index (χ0n) is 10.2. The van der Waals surface area contributed by atoms with Crippen LogP contribution in [0.25, 0.3) is 0 Å². The van der Waals surface area contributed by atoms with Gasteiger partial charge in [0.25, 0.3) is 0 Å². The van der Waals surface area contributed by atoms with Crippen molar-refractivity contribution in [2.24, 2.45) is 0 Å². The molecule has 0 aromatic heterocycles. The number of hydrogen-bond acceptors (Lipinski definition) is 2. The van der Waals surface area contributed by atoms with Crippen LogP contribution < -0.4 is 5.32 Å². The molecule has 92 valence electrons. The van der Waals surface area contributed by atoms with Crippen molar-refractivity contribution in [3.8, 4) is 0 Å². The average Bonchev–Trinajstić information content (AvgIpc) is 2.14. The molecule has 0 bridgehead atoms. The van der Waals surface area contributed by atoms with Crippen LogP contribution >= 0.6 is 0 Å². The van der Waals surface area contributed by atoms with Crippen molar-refractivity contribution < 1.29 is 9.90 Å². The van der Waals surface area contributed by atoms with Crippen molar-refractivity contribution in [3.05, 3.63) is 11.6 Å². The molecular weight excluding hydrogens is 202 g/mol. The van der Waals surface area contributed by atoms with E-state index in [2.05, 4.69) is 5.32 Å². The first-order valence-electron chi connectivity index (χ1n) is 6.32. The first-order chi connectivity index (χ1) is 7.68. The van der Waals surface area contributed by atoms with E-state index in [4.69, 9.17) is 5.11 Å². The van der Waals surface area contributed by atoms with Crippen molar-refractivity contribution in [3.63, 3.8) is 0 Å². The molecule has 1 fully saturated rings. The molecule has 0 atom stereocenters. The lowest BCUT2D eigenvalue weighted by Crippen LogP contribution is -2.31. The highest BCUT2D eigenvalue weighted by atomic mass is 16.4. The molecule has 0 amide bonds. The lowest BCUT2D eigenvalue weighted by Gasteiger charge is -2.21. The summed E-state index contributed by atoms with van der Waals surface area (Å²) in [6.45, 7) is 2.57. The van der Waals surface area contributed by atoms with Crippen molar-refractivity contribution in [2.45, 2.75) is 57.9 Å². The predicted molar refractivity (Wildman–Crippen MR) is 65.5 cm³/mol. The van der Waals surface area contributed by atoms with E-state index in [1.165, 1.54) is 51.0 Å². The molecule has 0 radical (unpaired) electrons. The van der Waals surface area contributed by atoms with E-state index in [0.29, 0.717) is 12.6 Å². The Labute approximate surface area is 97.9 Å². The van der Waals surface area contributed by atoms with Gasteiger partial charge in [0.1, 0.15) is 0 Å². The third-order valence-electron chi connectivity index (χ3n) is 3.14. The van der Waals surface area contributed by atoms with Crippen molar-refractivity contribution in [1.29, 1.82) is 0 Å². The minimum Gasteiger partial charge on any atom is -0.478 e. The molecule has 0 saturated heterocycles. The molecule has 0 aromatic carbocycles. The fourth-order valence-corrected chi connectivity index (χ4v) is 2.23. The topological polar surface area (TPSA) is 49.3 Å². The van der Waals surface area contributed by atoms with Crippen molar-refractivity contribution in [1.82, 2.24) is 5.32 Å². The van der Waals surface area contributed by atoms with Gasteiger partial charge >= 0.3 is 5.97 Å². The number of carboxylic acids is 1. The highest BCUT2D eigenvalue weighted by molar-refractivity contribution is 5.80. The number of carboxylic acid groups (broad SMARTS) is 1. The number of carbonyl (C=O) groups is 1. The largest absolute Gasteiger partial charge is 0.478 e. The van der Waals surface area contributed by atoms with Gasteiger partial charge in [0.15, 0.2) is 0 Å². The Kier molecular flexibility index (Phi) is 6.16. The van der Waals surface area contributed by atoms with Crippen LogP contribution in [0.4, 0.5) is 0 Å². The third-order valence-corrected chi connectivity index (χ3v) is 3.14. The highest BCUT2D eigenvalue weighted by Crippen LogP contribution is 2.17. The van der Waals surface area contributed by atoms with Crippen LogP contribution in [0.2, 0.25) is 0 Å². The van der Waals surface area contributed by atoms with E-state index < -0.39 is 5.97 Å². The Bertz CT molecular complexity index is 240. The van der Waals surface area contributed by atoms with Crippen LogP contribution in [0.5, 0.6) is 0 Å². The van der Waals surface area contributed by atoms with Crippen molar-refractivity contribution in [2.75, 3.05) is 6.54 Å². The fourth-order valence-electron chi connectivity index (χ4n) is 2.23. The van der Waals surface area contributed by atoms with Gasteiger partial charge in [-0.1, -0.05) is 37.7 Å². The van der Waals surface area contributed by atoms with Gasteiger partial charge in [0.05, 0.1) is 0 Å². The highest BCUT2D eigenvalue weighted by Gasteiger charge is 2.10. The summed E-state index contributed by atoms with van der Waals surface area (Å²) in [5.41, 5.74) is 0.898. The van der Waals surface area contributed by atoms with Crippen LogP contribution in [0.3, 0.4) is 0 Å². The molecule has 1 saturated carbocycles. The maximum atomic E-state index is 10.5.